The fourth-order valence-electron chi connectivity index (χ4n) is 4.47. The van der Waals surface area contributed by atoms with Crippen LogP contribution in [0.4, 0.5) is 15.8 Å². The summed E-state index contributed by atoms with van der Waals surface area (Å²) in [6, 6.07) is 18.9. The van der Waals surface area contributed by atoms with Gasteiger partial charge in [-0.15, -0.1) is 0 Å². The van der Waals surface area contributed by atoms with Crippen molar-refractivity contribution in [2.24, 2.45) is 0 Å². The molecule has 0 atom stereocenters. The summed E-state index contributed by atoms with van der Waals surface area (Å²) in [5, 5.41) is 12.1. The number of ether oxygens (including phenoxy) is 2. The van der Waals surface area contributed by atoms with Crippen molar-refractivity contribution >= 4 is 17.3 Å². The Morgan fingerprint density at radius 3 is 2.69 bits per heavy atom. The molecule has 0 fully saturated rings. The van der Waals surface area contributed by atoms with Gasteiger partial charge in [0.2, 0.25) is 0 Å². The minimum atomic E-state index is -0.930. The van der Waals surface area contributed by atoms with Crippen LogP contribution in [0.25, 0.3) is 0 Å². The molecule has 7 heteroatoms. The molecule has 1 aliphatic heterocycles. The second-order valence-electron chi connectivity index (χ2n) is 8.56. The number of methoxy groups -OCH3 is 1. The molecule has 0 radical (unpaired) electrons. The first-order chi connectivity index (χ1) is 17.0. The van der Waals surface area contributed by atoms with E-state index in [9.17, 15) is 9.18 Å². The van der Waals surface area contributed by atoms with Crippen LogP contribution in [0.15, 0.2) is 60.7 Å². The van der Waals surface area contributed by atoms with Crippen molar-refractivity contribution in [3.63, 3.8) is 0 Å². The Morgan fingerprint density at radius 2 is 1.91 bits per heavy atom. The summed E-state index contributed by atoms with van der Waals surface area (Å²) in [6.07, 6.45) is 2.16. The zero-order valence-corrected chi connectivity index (χ0v) is 19.9. The Balaban J connectivity index is 1.38. The highest BCUT2D eigenvalue weighted by Crippen LogP contribution is 2.31. The number of rotatable bonds is 11. The molecule has 35 heavy (non-hydrogen) atoms. The number of hydrogen-bond acceptors (Lipinski definition) is 5. The number of nitrogens with one attached hydrogen (secondary N) is 1. The van der Waals surface area contributed by atoms with E-state index in [1.54, 1.807) is 19.2 Å². The van der Waals surface area contributed by atoms with E-state index in [4.69, 9.17) is 14.6 Å². The number of benzene rings is 3. The number of aliphatic carboxylic acids is 1. The molecule has 6 nitrogen and oxygen atoms in total. The molecule has 0 saturated heterocycles. The molecule has 0 aromatic heterocycles. The Kier molecular flexibility index (Phi) is 8.08. The van der Waals surface area contributed by atoms with Crippen LogP contribution < -0.4 is 19.7 Å². The molecule has 184 valence electrons. The molecule has 1 aliphatic rings. The van der Waals surface area contributed by atoms with Gasteiger partial charge in [-0.05, 0) is 66.3 Å². The van der Waals surface area contributed by atoms with Crippen LogP contribution in [0.5, 0.6) is 11.5 Å². The standard InChI is InChI=1S/C28H31FN2O4/c1-34-26-9-2-3-10-27(26)35-17-16-31-15-5-7-23-21(6-4-8-25(23)31)19-30-22-13-11-20(24(29)18-22)12-14-28(32)33/h2-4,6,8-11,13,18,30H,5,7,12,14-17,19H2,1H3,(H,32,33). The van der Waals surface area contributed by atoms with Gasteiger partial charge in [0.1, 0.15) is 12.4 Å². The second-order valence-corrected chi connectivity index (χ2v) is 8.56. The summed E-state index contributed by atoms with van der Waals surface area (Å²) in [7, 11) is 1.64. The molecule has 0 amide bonds. The van der Waals surface area contributed by atoms with Crippen LogP contribution in [0.2, 0.25) is 0 Å². The maximum Gasteiger partial charge on any atom is 0.303 e. The van der Waals surface area contributed by atoms with Crippen LogP contribution >= 0.6 is 0 Å². The van der Waals surface area contributed by atoms with Gasteiger partial charge in [-0.2, -0.15) is 0 Å². The third-order valence-electron chi connectivity index (χ3n) is 6.28. The fraction of sp³-hybridized carbons (Fsp3) is 0.321. The van der Waals surface area contributed by atoms with Crippen molar-refractivity contribution in [1.29, 1.82) is 0 Å². The molecule has 2 N–H and O–H groups in total. The highest BCUT2D eigenvalue weighted by atomic mass is 19.1. The average Bonchev–Trinajstić information content (AvgIpc) is 2.87. The van der Waals surface area contributed by atoms with Crippen LogP contribution in [0, 0.1) is 5.82 Å². The molecule has 3 aromatic rings. The van der Waals surface area contributed by atoms with E-state index in [1.165, 1.54) is 22.9 Å². The molecule has 0 bridgehead atoms. The highest BCUT2D eigenvalue weighted by molar-refractivity contribution is 5.67. The molecule has 4 rings (SSSR count). The number of fused-ring (bicyclic) bond motifs is 1. The zero-order valence-electron chi connectivity index (χ0n) is 19.9. The molecular weight excluding hydrogens is 447 g/mol. The van der Waals surface area contributed by atoms with Gasteiger partial charge < -0.3 is 24.8 Å². The molecule has 0 saturated carbocycles. The number of hydrogen-bond donors (Lipinski definition) is 2. The van der Waals surface area contributed by atoms with Gasteiger partial charge in [-0.3, -0.25) is 4.79 Å². The number of aryl methyl sites for hydroxylation is 1. The number of para-hydroxylation sites is 2. The first-order valence-electron chi connectivity index (χ1n) is 11.9. The predicted molar refractivity (Wildman–Crippen MR) is 135 cm³/mol. The Hall–Kier alpha value is -3.74. The van der Waals surface area contributed by atoms with Gasteiger partial charge >= 0.3 is 5.97 Å². The monoisotopic (exact) mass is 478 g/mol. The van der Waals surface area contributed by atoms with Crippen molar-refractivity contribution in [3.8, 4) is 11.5 Å². The molecular formula is C28H31FN2O4. The van der Waals surface area contributed by atoms with Gasteiger partial charge in [0, 0.05) is 30.9 Å². The summed E-state index contributed by atoms with van der Waals surface area (Å²) < 4.78 is 25.7. The predicted octanol–water partition coefficient (Wildman–Crippen LogP) is 5.30. The summed E-state index contributed by atoms with van der Waals surface area (Å²) in [4.78, 5) is 13.1. The lowest BCUT2D eigenvalue weighted by Crippen LogP contribution is -2.33. The smallest absolute Gasteiger partial charge is 0.303 e. The van der Waals surface area contributed by atoms with Gasteiger partial charge in [0.25, 0.3) is 0 Å². The van der Waals surface area contributed by atoms with E-state index in [-0.39, 0.29) is 18.7 Å². The lowest BCUT2D eigenvalue weighted by atomic mass is 9.96. The third-order valence-corrected chi connectivity index (χ3v) is 6.28. The van der Waals surface area contributed by atoms with Crippen molar-refractivity contribution < 1.29 is 23.8 Å². The largest absolute Gasteiger partial charge is 0.493 e. The van der Waals surface area contributed by atoms with Crippen LogP contribution in [0.1, 0.15) is 29.5 Å². The Morgan fingerprint density at radius 1 is 1.09 bits per heavy atom. The maximum atomic E-state index is 14.4. The van der Waals surface area contributed by atoms with Gasteiger partial charge in [-0.1, -0.05) is 30.3 Å². The number of carboxylic acid groups (broad SMARTS) is 1. The van der Waals surface area contributed by atoms with Crippen LogP contribution in [-0.4, -0.2) is 37.9 Å². The minimum Gasteiger partial charge on any atom is -0.493 e. The molecule has 0 spiro atoms. The SMILES string of the molecule is COc1ccccc1OCCN1CCCc2c(CNc3ccc(CCC(=O)O)c(F)c3)cccc21. The maximum absolute atomic E-state index is 14.4. The lowest BCUT2D eigenvalue weighted by Gasteiger charge is -2.32. The van der Waals surface area contributed by atoms with Crippen molar-refractivity contribution in [1.82, 2.24) is 0 Å². The summed E-state index contributed by atoms with van der Waals surface area (Å²) in [5.74, 6) is 0.158. The number of nitrogens with zero attached hydrogens (tertiary/aromatic N) is 1. The summed E-state index contributed by atoms with van der Waals surface area (Å²) >= 11 is 0. The average molecular weight is 479 g/mol. The topological polar surface area (TPSA) is 71.0 Å². The highest BCUT2D eigenvalue weighted by Gasteiger charge is 2.19. The van der Waals surface area contributed by atoms with E-state index in [2.05, 4.69) is 28.4 Å². The van der Waals surface area contributed by atoms with Crippen molar-refractivity contribution in [3.05, 3.63) is 83.2 Å². The Labute approximate surface area is 205 Å². The molecule has 0 unspecified atom stereocenters. The quantitative estimate of drug-likeness (QED) is 0.390. The van der Waals surface area contributed by atoms with E-state index >= 15 is 0 Å². The normalized spacial score (nSPS) is 12.7. The minimum absolute atomic E-state index is 0.0831. The van der Waals surface area contributed by atoms with Crippen molar-refractivity contribution in [2.75, 3.05) is 37.0 Å². The van der Waals surface area contributed by atoms with Gasteiger partial charge in [0.05, 0.1) is 13.7 Å². The van der Waals surface area contributed by atoms with Crippen LogP contribution in [-0.2, 0) is 24.2 Å². The zero-order chi connectivity index (χ0) is 24.6. The van der Waals surface area contributed by atoms with Crippen molar-refractivity contribution in [2.45, 2.75) is 32.2 Å². The fourth-order valence-corrected chi connectivity index (χ4v) is 4.47. The van der Waals surface area contributed by atoms with Gasteiger partial charge in [0.15, 0.2) is 11.5 Å². The van der Waals surface area contributed by atoms with E-state index in [0.29, 0.717) is 24.4 Å². The number of halogens is 1. The molecule has 0 aliphatic carbocycles. The van der Waals surface area contributed by atoms with E-state index in [0.717, 1.165) is 37.4 Å². The summed E-state index contributed by atoms with van der Waals surface area (Å²) in [6.45, 7) is 2.88. The Bertz CT molecular complexity index is 1170. The number of carbonyl (C=O) groups is 1. The van der Waals surface area contributed by atoms with E-state index in [1.807, 2.05) is 24.3 Å². The summed E-state index contributed by atoms with van der Waals surface area (Å²) in [5.41, 5.74) is 4.81. The first-order valence-corrected chi connectivity index (χ1v) is 11.9. The third kappa shape index (κ3) is 6.23. The molecule has 3 aromatic carbocycles. The first kappa shape index (κ1) is 24.4. The number of carboxylic acids is 1. The van der Waals surface area contributed by atoms with Crippen LogP contribution in [0.3, 0.4) is 0 Å². The second kappa shape index (κ2) is 11.6. The molecule has 1 heterocycles. The number of anilines is 2. The van der Waals surface area contributed by atoms with Gasteiger partial charge in [-0.25, -0.2) is 4.39 Å². The lowest BCUT2D eigenvalue weighted by molar-refractivity contribution is -0.136. The van der Waals surface area contributed by atoms with E-state index < -0.39 is 5.97 Å².